The van der Waals surface area contributed by atoms with E-state index in [1.54, 1.807) is 24.3 Å². The van der Waals surface area contributed by atoms with E-state index in [9.17, 15) is 29.8 Å². The number of aliphatic hydroxyl groups excluding tert-OH is 2. The summed E-state index contributed by atoms with van der Waals surface area (Å²) in [5, 5.41) is 33.1. The first-order valence-electron chi connectivity index (χ1n) is 11.1. The molecular formula is C24H22Cl2N4O9. The highest BCUT2D eigenvalue weighted by Gasteiger charge is 2.18. The fraction of sp³-hybridized carbons (Fsp3) is 0.208. The fourth-order valence-corrected chi connectivity index (χ4v) is 3.59. The minimum atomic E-state index is -1.91. The number of nitrogen functional groups attached to an aromatic ring is 1. The molecule has 3 rings (SSSR count). The number of halogens is 2. The van der Waals surface area contributed by atoms with Crippen LogP contribution >= 0.6 is 23.2 Å². The molecule has 0 amide bonds. The van der Waals surface area contributed by atoms with Gasteiger partial charge in [0.15, 0.2) is 6.29 Å². The number of oxime groups is 1. The number of aromatic nitrogens is 2. The highest BCUT2D eigenvalue weighted by Crippen LogP contribution is 2.25. The predicted molar refractivity (Wildman–Crippen MR) is 137 cm³/mol. The maximum Gasteiger partial charge on any atom is 0.353 e. The van der Waals surface area contributed by atoms with Crippen molar-refractivity contribution >= 4 is 46.7 Å². The first-order valence-corrected chi connectivity index (χ1v) is 11.8. The van der Waals surface area contributed by atoms with E-state index in [0.29, 0.717) is 20.7 Å². The lowest BCUT2D eigenvalue weighted by molar-refractivity contribution is -0.256. The number of benzene rings is 2. The van der Waals surface area contributed by atoms with Gasteiger partial charge in [0.25, 0.3) is 0 Å². The predicted octanol–water partition coefficient (Wildman–Crippen LogP) is 2.07. The summed E-state index contributed by atoms with van der Waals surface area (Å²) in [7, 11) is 0. The van der Waals surface area contributed by atoms with Crippen molar-refractivity contribution in [3.05, 3.63) is 86.4 Å². The molecule has 206 valence electrons. The zero-order valence-electron chi connectivity index (χ0n) is 19.9. The van der Waals surface area contributed by atoms with E-state index in [2.05, 4.69) is 10.1 Å². The largest absolute Gasteiger partial charge is 0.460 e. The molecule has 0 fully saturated rings. The molecule has 0 saturated carbocycles. The van der Waals surface area contributed by atoms with Gasteiger partial charge >= 0.3 is 17.6 Å². The number of anilines is 1. The standard InChI is InChI=1S/C24H22Cl2N4O9/c25-14-3-6-16(17(26)11-14)22(29-36)13-1-4-15(5-2-13)38-20(32)8-7-19(31)37-12-21(33)39-24(35)30-10-9-18(27)28-23(30)34/h1-6,9-11,21,24,33,35-36H,7-8,12H2,(H2,27,28,34)/b29-22-. The quantitative estimate of drug-likeness (QED) is 0.0646. The van der Waals surface area contributed by atoms with Crippen LogP contribution < -0.4 is 16.2 Å². The van der Waals surface area contributed by atoms with E-state index in [-0.39, 0.29) is 35.1 Å². The van der Waals surface area contributed by atoms with Crippen molar-refractivity contribution in [2.24, 2.45) is 5.16 Å². The van der Waals surface area contributed by atoms with Crippen LogP contribution in [0.4, 0.5) is 5.82 Å². The van der Waals surface area contributed by atoms with Crippen LogP contribution in [-0.2, 0) is 19.1 Å². The highest BCUT2D eigenvalue weighted by molar-refractivity contribution is 6.37. The molecule has 13 nitrogen and oxygen atoms in total. The number of carbonyl (C=O) groups excluding carboxylic acids is 2. The summed E-state index contributed by atoms with van der Waals surface area (Å²) >= 11 is 12.1. The van der Waals surface area contributed by atoms with Crippen LogP contribution in [0.2, 0.25) is 10.0 Å². The summed E-state index contributed by atoms with van der Waals surface area (Å²) in [5.41, 5.74) is 5.52. The van der Waals surface area contributed by atoms with E-state index in [1.807, 2.05) is 0 Å². The van der Waals surface area contributed by atoms with E-state index in [0.717, 1.165) is 6.20 Å². The number of hydrogen-bond acceptors (Lipinski definition) is 12. The Kier molecular flexibility index (Phi) is 10.4. The van der Waals surface area contributed by atoms with Gasteiger partial charge in [0.1, 0.15) is 23.9 Å². The third-order valence-electron chi connectivity index (χ3n) is 4.93. The van der Waals surface area contributed by atoms with Crippen molar-refractivity contribution in [2.75, 3.05) is 12.3 Å². The SMILES string of the molecule is Nc1ccn(C(O)OC(O)COC(=O)CCC(=O)Oc2ccc(/C(=N/O)c3ccc(Cl)cc3Cl)cc2)c(=O)n1. The lowest BCUT2D eigenvalue weighted by atomic mass is 10.0. The number of esters is 2. The summed E-state index contributed by atoms with van der Waals surface area (Å²) in [6.45, 7) is -0.685. The maximum absolute atomic E-state index is 12.1. The molecule has 0 aliphatic rings. The molecule has 0 spiro atoms. The second kappa shape index (κ2) is 13.7. The summed E-state index contributed by atoms with van der Waals surface area (Å²) in [6.07, 6.45) is -3.31. The molecule has 0 aliphatic carbocycles. The second-order valence-corrected chi connectivity index (χ2v) is 8.56. The lowest BCUT2D eigenvalue weighted by Crippen LogP contribution is -2.32. The van der Waals surface area contributed by atoms with E-state index >= 15 is 0 Å². The molecule has 2 atom stereocenters. The van der Waals surface area contributed by atoms with Crippen LogP contribution in [0.25, 0.3) is 0 Å². The molecule has 15 heteroatoms. The first kappa shape index (κ1) is 29.5. The van der Waals surface area contributed by atoms with Gasteiger partial charge in [0, 0.05) is 22.3 Å². The minimum absolute atomic E-state index is 0.0710. The molecule has 2 aromatic carbocycles. The van der Waals surface area contributed by atoms with Crippen molar-refractivity contribution in [3.8, 4) is 5.75 Å². The van der Waals surface area contributed by atoms with E-state index in [4.69, 9.17) is 43.1 Å². The Morgan fingerprint density at radius 3 is 2.38 bits per heavy atom. The van der Waals surface area contributed by atoms with E-state index < -0.39 is 36.9 Å². The third kappa shape index (κ3) is 8.49. The summed E-state index contributed by atoms with van der Waals surface area (Å²) in [5.74, 6) is -1.49. The zero-order valence-corrected chi connectivity index (χ0v) is 21.5. The monoisotopic (exact) mass is 580 g/mol. The normalized spacial score (nSPS) is 13.0. The average Bonchev–Trinajstić information content (AvgIpc) is 2.88. The van der Waals surface area contributed by atoms with Gasteiger partial charge in [-0.05, 0) is 48.5 Å². The van der Waals surface area contributed by atoms with Gasteiger partial charge in [0.2, 0.25) is 6.41 Å². The Morgan fingerprint density at radius 2 is 1.74 bits per heavy atom. The average molecular weight is 581 g/mol. The number of aliphatic hydroxyl groups is 2. The number of nitrogens with two attached hydrogens (primary N) is 1. The molecule has 3 aromatic rings. The topological polar surface area (TPSA) is 196 Å². The van der Waals surface area contributed by atoms with Gasteiger partial charge in [0.05, 0.1) is 17.9 Å². The molecule has 0 radical (unpaired) electrons. The number of hydrogen-bond donors (Lipinski definition) is 4. The van der Waals surface area contributed by atoms with Gasteiger partial charge in [-0.1, -0.05) is 28.4 Å². The van der Waals surface area contributed by atoms with Crippen LogP contribution in [0, 0.1) is 0 Å². The summed E-state index contributed by atoms with van der Waals surface area (Å²) < 4.78 is 15.4. The number of rotatable bonds is 11. The van der Waals surface area contributed by atoms with Gasteiger partial charge in [-0.25, -0.2) is 9.36 Å². The van der Waals surface area contributed by atoms with Crippen molar-refractivity contribution in [1.29, 1.82) is 0 Å². The minimum Gasteiger partial charge on any atom is -0.460 e. The third-order valence-corrected chi connectivity index (χ3v) is 5.48. The number of ether oxygens (including phenoxy) is 3. The Labute approximate surface area is 230 Å². The van der Waals surface area contributed by atoms with Gasteiger partial charge in [-0.15, -0.1) is 0 Å². The second-order valence-electron chi connectivity index (χ2n) is 7.71. The van der Waals surface area contributed by atoms with Crippen LogP contribution in [0.1, 0.15) is 30.4 Å². The summed E-state index contributed by atoms with van der Waals surface area (Å²) in [4.78, 5) is 39.0. The fourth-order valence-electron chi connectivity index (χ4n) is 3.09. The Morgan fingerprint density at radius 1 is 1.05 bits per heavy atom. The van der Waals surface area contributed by atoms with Crippen molar-refractivity contribution in [2.45, 2.75) is 25.5 Å². The molecule has 5 N–H and O–H groups in total. The maximum atomic E-state index is 12.1. The highest BCUT2D eigenvalue weighted by atomic mass is 35.5. The lowest BCUT2D eigenvalue weighted by Gasteiger charge is -2.18. The molecule has 0 aliphatic heterocycles. The zero-order chi connectivity index (χ0) is 28.5. The van der Waals surface area contributed by atoms with Gasteiger partial charge in [-0.2, -0.15) is 4.98 Å². The first-order chi connectivity index (χ1) is 18.6. The van der Waals surface area contributed by atoms with Crippen molar-refractivity contribution in [1.82, 2.24) is 9.55 Å². The molecular weight excluding hydrogens is 559 g/mol. The smallest absolute Gasteiger partial charge is 0.353 e. The van der Waals surface area contributed by atoms with Gasteiger partial charge < -0.3 is 35.4 Å². The molecule has 39 heavy (non-hydrogen) atoms. The van der Waals surface area contributed by atoms with Crippen molar-refractivity contribution in [3.63, 3.8) is 0 Å². The Balaban J connectivity index is 1.44. The van der Waals surface area contributed by atoms with Crippen molar-refractivity contribution < 1.29 is 39.2 Å². The molecule has 0 bridgehead atoms. The van der Waals surface area contributed by atoms with Crippen LogP contribution in [0.5, 0.6) is 5.75 Å². The molecule has 1 heterocycles. The van der Waals surface area contributed by atoms with Gasteiger partial charge in [-0.3, -0.25) is 9.59 Å². The molecule has 0 saturated heterocycles. The number of nitrogens with zero attached hydrogens (tertiary/aromatic N) is 3. The molecule has 1 aromatic heterocycles. The van der Waals surface area contributed by atoms with Crippen LogP contribution in [0.15, 0.2) is 64.7 Å². The van der Waals surface area contributed by atoms with E-state index in [1.165, 1.54) is 24.3 Å². The molecule has 2 unspecified atom stereocenters. The Hall–Kier alpha value is -4.01. The Bertz CT molecular complexity index is 1410. The summed E-state index contributed by atoms with van der Waals surface area (Å²) in [6, 6.07) is 11.9. The van der Waals surface area contributed by atoms with Crippen LogP contribution in [0.3, 0.4) is 0 Å². The number of carbonyl (C=O) groups is 2. The van der Waals surface area contributed by atoms with Crippen LogP contribution in [-0.4, -0.2) is 55.5 Å².